The van der Waals surface area contributed by atoms with Gasteiger partial charge in [0.05, 0.1) is 0 Å². The van der Waals surface area contributed by atoms with Crippen LogP contribution in [0.2, 0.25) is 0 Å². The van der Waals surface area contributed by atoms with Gasteiger partial charge < -0.3 is 10.1 Å². The number of ether oxygens (including phenoxy) is 1. The van der Waals surface area contributed by atoms with Crippen molar-refractivity contribution in [2.75, 3.05) is 7.05 Å². The maximum absolute atomic E-state index is 13.6. The molecule has 19 heavy (non-hydrogen) atoms. The fraction of sp³-hybridized carbons (Fsp3) is 0.200. The SMILES string of the molecule is CNC(C)c1ccccc1Oc1ccc(F)cc1F. The average Bonchev–Trinajstić information content (AvgIpc) is 2.41. The lowest BCUT2D eigenvalue weighted by Crippen LogP contribution is -2.13. The second-order valence-corrected chi connectivity index (χ2v) is 4.22. The van der Waals surface area contributed by atoms with Crippen molar-refractivity contribution in [3.05, 3.63) is 59.7 Å². The van der Waals surface area contributed by atoms with Gasteiger partial charge in [0.15, 0.2) is 11.6 Å². The summed E-state index contributed by atoms with van der Waals surface area (Å²) >= 11 is 0. The first-order valence-corrected chi connectivity index (χ1v) is 6.01. The third-order valence-electron chi connectivity index (χ3n) is 2.93. The zero-order valence-corrected chi connectivity index (χ0v) is 10.8. The van der Waals surface area contributed by atoms with E-state index in [1.54, 1.807) is 6.07 Å². The third-order valence-corrected chi connectivity index (χ3v) is 2.93. The molecule has 0 aliphatic rings. The Kier molecular flexibility index (Phi) is 4.12. The van der Waals surface area contributed by atoms with Crippen molar-refractivity contribution in [2.45, 2.75) is 13.0 Å². The first-order chi connectivity index (χ1) is 9.11. The molecule has 1 N–H and O–H groups in total. The van der Waals surface area contributed by atoms with Gasteiger partial charge in [-0.2, -0.15) is 0 Å². The van der Waals surface area contributed by atoms with Crippen molar-refractivity contribution in [3.63, 3.8) is 0 Å². The highest BCUT2D eigenvalue weighted by Crippen LogP contribution is 2.30. The molecule has 0 radical (unpaired) electrons. The molecular formula is C15H15F2NO. The molecule has 0 fully saturated rings. The first kappa shape index (κ1) is 13.5. The molecule has 2 aromatic carbocycles. The summed E-state index contributed by atoms with van der Waals surface area (Å²) in [5.74, 6) is -0.777. The van der Waals surface area contributed by atoms with Crippen LogP contribution in [-0.4, -0.2) is 7.05 Å². The molecule has 0 amide bonds. The van der Waals surface area contributed by atoms with Crippen LogP contribution in [-0.2, 0) is 0 Å². The normalized spacial score (nSPS) is 12.2. The summed E-state index contributed by atoms with van der Waals surface area (Å²) in [6.45, 7) is 1.98. The number of nitrogens with one attached hydrogen (secondary N) is 1. The zero-order valence-electron chi connectivity index (χ0n) is 10.8. The van der Waals surface area contributed by atoms with E-state index in [1.807, 2.05) is 32.2 Å². The Labute approximate surface area is 111 Å². The summed E-state index contributed by atoms with van der Waals surface area (Å²) in [7, 11) is 1.83. The summed E-state index contributed by atoms with van der Waals surface area (Å²) < 4.78 is 31.9. The standard InChI is InChI=1S/C15H15F2NO/c1-10(18-2)12-5-3-4-6-14(12)19-15-8-7-11(16)9-13(15)17/h3-10,18H,1-2H3. The van der Waals surface area contributed by atoms with Crippen molar-refractivity contribution in [2.24, 2.45) is 0 Å². The Morgan fingerprint density at radius 2 is 1.79 bits per heavy atom. The molecule has 2 nitrogen and oxygen atoms in total. The Hall–Kier alpha value is -1.94. The second kappa shape index (κ2) is 5.80. The lowest BCUT2D eigenvalue weighted by atomic mass is 10.1. The Morgan fingerprint density at radius 1 is 1.05 bits per heavy atom. The van der Waals surface area contributed by atoms with Crippen LogP contribution in [0.15, 0.2) is 42.5 Å². The van der Waals surface area contributed by atoms with Crippen LogP contribution in [0.4, 0.5) is 8.78 Å². The van der Waals surface area contributed by atoms with Crippen LogP contribution < -0.4 is 10.1 Å². The van der Waals surface area contributed by atoms with Crippen LogP contribution in [0.5, 0.6) is 11.5 Å². The van der Waals surface area contributed by atoms with E-state index in [4.69, 9.17) is 4.74 Å². The van der Waals surface area contributed by atoms with Gasteiger partial charge in [-0.05, 0) is 32.2 Å². The molecule has 0 bridgehead atoms. The van der Waals surface area contributed by atoms with Gasteiger partial charge in [-0.3, -0.25) is 0 Å². The highest BCUT2D eigenvalue weighted by molar-refractivity contribution is 5.39. The molecule has 0 saturated carbocycles. The molecule has 4 heteroatoms. The Balaban J connectivity index is 2.33. The number of benzene rings is 2. The molecule has 0 spiro atoms. The summed E-state index contributed by atoms with van der Waals surface area (Å²) in [6.07, 6.45) is 0. The van der Waals surface area contributed by atoms with Crippen molar-refractivity contribution < 1.29 is 13.5 Å². The summed E-state index contributed by atoms with van der Waals surface area (Å²) in [6, 6.07) is 10.7. The highest BCUT2D eigenvalue weighted by atomic mass is 19.1. The zero-order chi connectivity index (χ0) is 13.8. The van der Waals surface area contributed by atoms with E-state index in [-0.39, 0.29) is 11.8 Å². The first-order valence-electron chi connectivity index (χ1n) is 6.01. The van der Waals surface area contributed by atoms with Gasteiger partial charge >= 0.3 is 0 Å². The minimum absolute atomic E-state index is 0.0113. The van der Waals surface area contributed by atoms with Crippen molar-refractivity contribution in [1.29, 1.82) is 0 Å². The Bertz CT molecular complexity index is 572. The van der Waals surface area contributed by atoms with E-state index in [0.29, 0.717) is 5.75 Å². The van der Waals surface area contributed by atoms with E-state index in [0.717, 1.165) is 11.6 Å². The molecule has 0 heterocycles. The van der Waals surface area contributed by atoms with Crippen molar-refractivity contribution in [1.82, 2.24) is 5.32 Å². The van der Waals surface area contributed by atoms with Crippen molar-refractivity contribution >= 4 is 0 Å². The summed E-state index contributed by atoms with van der Waals surface area (Å²) in [5, 5.41) is 3.10. The maximum atomic E-state index is 13.6. The van der Waals surface area contributed by atoms with Crippen LogP contribution in [0.1, 0.15) is 18.5 Å². The predicted octanol–water partition coefficient (Wildman–Crippen LogP) is 4.04. The number of rotatable bonds is 4. The average molecular weight is 263 g/mol. The second-order valence-electron chi connectivity index (χ2n) is 4.22. The monoisotopic (exact) mass is 263 g/mol. The van der Waals surface area contributed by atoms with Gasteiger partial charge in [0.2, 0.25) is 0 Å². The van der Waals surface area contributed by atoms with E-state index < -0.39 is 11.6 Å². The molecule has 100 valence electrons. The minimum Gasteiger partial charge on any atom is -0.454 e. The molecular weight excluding hydrogens is 248 g/mol. The number of halogens is 2. The van der Waals surface area contributed by atoms with Gasteiger partial charge in [0, 0.05) is 17.7 Å². The van der Waals surface area contributed by atoms with Gasteiger partial charge in [-0.1, -0.05) is 18.2 Å². The summed E-state index contributed by atoms with van der Waals surface area (Å²) in [4.78, 5) is 0. The predicted molar refractivity (Wildman–Crippen MR) is 70.3 cm³/mol. The fourth-order valence-electron chi connectivity index (χ4n) is 1.76. The lowest BCUT2D eigenvalue weighted by molar-refractivity contribution is 0.428. The Morgan fingerprint density at radius 3 is 2.47 bits per heavy atom. The van der Waals surface area contributed by atoms with Gasteiger partial charge in [-0.15, -0.1) is 0 Å². The smallest absolute Gasteiger partial charge is 0.168 e. The molecule has 2 rings (SSSR count). The van der Waals surface area contributed by atoms with Crippen LogP contribution >= 0.6 is 0 Å². The third kappa shape index (κ3) is 3.09. The number of hydrogen-bond acceptors (Lipinski definition) is 2. The maximum Gasteiger partial charge on any atom is 0.168 e. The molecule has 0 aliphatic heterocycles. The fourth-order valence-corrected chi connectivity index (χ4v) is 1.76. The molecule has 1 atom stereocenters. The molecule has 0 saturated heterocycles. The molecule has 1 unspecified atom stereocenters. The summed E-state index contributed by atoms with van der Waals surface area (Å²) in [5.41, 5.74) is 0.911. The molecule has 0 aromatic heterocycles. The van der Waals surface area contributed by atoms with Crippen LogP contribution in [0, 0.1) is 11.6 Å². The van der Waals surface area contributed by atoms with Crippen LogP contribution in [0.3, 0.4) is 0 Å². The highest BCUT2D eigenvalue weighted by Gasteiger charge is 2.12. The van der Waals surface area contributed by atoms with E-state index in [1.165, 1.54) is 12.1 Å². The topological polar surface area (TPSA) is 21.3 Å². The van der Waals surface area contributed by atoms with Gasteiger partial charge in [0.1, 0.15) is 11.6 Å². The van der Waals surface area contributed by atoms with Crippen LogP contribution in [0.25, 0.3) is 0 Å². The number of hydrogen-bond donors (Lipinski definition) is 1. The van der Waals surface area contributed by atoms with E-state index in [2.05, 4.69) is 5.32 Å². The van der Waals surface area contributed by atoms with Gasteiger partial charge in [0.25, 0.3) is 0 Å². The number of para-hydroxylation sites is 1. The van der Waals surface area contributed by atoms with E-state index in [9.17, 15) is 8.78 Å². The van der Waals surface area contributed by atoms with Gasteiger partial charge in [-0.25, -0.2) is 8.78 Å². The molecule has 2 aromatic rings. The quantitative estimate of drug-likeness (QED) is 0.899. The minimum atomic E-state index is -0.716. The lowest BCUT2D eigenvalue weighted by Gasteiger charge is -2.16. The largest absolute Gasteiger partial charge is 0.454 e. The van der Waals surface area contributed by atoms with E-state index >= 15 is 0 Å². The van der Waals surface area contributed by atoms with Crippen molar-refractivity contribution in [3.8, 4) is 11.5 Å². The molecule has 0 aliphatic carbocycles.